The van der Waals surface area contributed by atoms with Crippen molar-refractivity contribution in [3.8, 4) is 17.1 Å². The van der Waals surface area contributed by atoms with Crippen LogP contribution in [0.2, 0.25) is 0 Å². The van der Waals surface area contributed by atoms with E-state index in [1.165, 1.54) is 4.68 Å². The van der Waals surface area contributed by atoms with Crippen molar-refractivity contribution in [2.24, 2.45) is 0 Å². The van der Waals surface area contributed by atoms with Crippen LogP contribution in [0.1, 0.15) is 6.92 Å². The Balaban J connectivity index is 1.68. The van der Waals surface area contributed by atoms with Crippen LogP contribution in [0.4, 0.5) is 5.69 Å². The summed E-state index contributed by atoms with van der Waals surface area (Å²) in [5.41, 5.74) is 4.97. The third kappa shape index (κ3) is 4.16. The number of hydrogen-bond donors (Lipinski definition) is 2. The van der Waals surface area contributed by atoms with Crippen molar-refractivity contribution < 1.29 is 4.74 Å². The monoisotopic (exact) mass is 416 g/mol. The van der Waals surface area contributed by atoms with Crippen LogP contribution in [0.5, 0.6) is 5.75 Å². The first kappa shape index (κ1) is 19.6. The molecule has 0 atom stereocenters. The van der Waals surface area contributed by atoms with Crippen LogP contribution in [0.3, 0.4) is 0 Å². The molecule has 3 aromatic carbocycles. The van der Waals surface area contributed by atoms with Crippen LogP contribution in [0.25, 0.3) is 22.3 Å². The Hall–Kier alpha value is -3.71. The molecule has 0 unspecified atom stereocenters. The van der Waals surface area contributed by atoms with Crippen molar-refractivity contribution in [2.75, 3.05) is 17.3 Å². The normalized spacial score (nSPS) is 10.6. The molecule has 0 saturated carbocycles. The highest BCUT2D eigenvalue weighted by atomic mass is 32.1. The van der Waals surface area contributed by atoms with E-state index in [9.17, 15) is 4.79 Å². The van der Waals surface area contributed by atoms with Crippen molar-refractivity contribution in [1.82, 2.24) is 9.66 Å². The average Bonchev–Trinajstić information content (AvgIpc) is 2.78. The lowest BCUT2D eigenvalue weighted by atomic mass is 10.2. The maximum Gasteiger partial charge on any atom is 0.280 e. The van der Waals surface area contributed by atoms with Crippen LogP contribution in [0.15, 0.2) is 83.7 Å². The van der Waals surface area contributed by atoms with Gasteiger partial charge in [0.15, 0.2) is 10.9 Å². The van der Waals surface area contributed by atoms with Gasteiger partial charge in [0.05, 0.1) is 17.5 Å². The Morgan fingerprint density at radius 1 is 1.00 bits per heavy atom. The second kappa shape index (κ2) is 8.75. The van der Waals surface area contributed by atoms with Crippen LogP contribution in [0, 0.1) is 0 Å². The van der Waals surface area contributed by atoms with E-state index in [-0.39, 0.29) is 10.7 Å². The topological polar surface area (TPSA) is 68.2 Å². The molecule has 1 heterocycles. The molecule has 1 aromatic heterocycles. The Labute approximate surface area is 179 Å². The number of aromatic nitrogens is 2. The lowest BCUT2D eigenvalue weighted by molar-refractivity contribution is 0.340. The average molecular weight is 417 g/mol. The van der Waals surface area contributed by atoms with Gasteiger partial charge in [0.2, 0.25) is 0 Å². The summed E-state index contributed by atoms with van der Waals surface area (Å²) in [6.45, 7) is 2.54. The standard InChI is InChI=1S/C23H20N4O2S/c1-2-29-18-14-12-17(13-15-18)24-23(30)26-27-21(16-8-4-3-5-9-16)25-20-11-7-6-10-19(20)22(27)28/h3-15H,2H2,1H3,(H2,24,26,30). The summed E-state index contributed by atoms with van der Waals surface area (Å²) in [7, 11) is 0. The summed E-state index contributed by atoms with van der Waals surface area (Å²) in [6.07, 6.45) is 0. The first-order chi connectivity index (χ1) is 14.7. The second-order valence-corrected chi connectivity index (χ2v) is 6.89. The molecule has 0 aliphatic rings. The van der Waals surface area contributed by atoms with Gasteiger partial charge in [-0.25, -0.2) is 4.98 Å². The van der Waals surface area contributed by atoms with Crippen LogP contribution >= 0.6 is 12.2 Å². The molecule has 0 radical (unpaired) electrons. The van der Waals surface area contributed by atoms with E-state index in [1.807, 2.05) is 79.7 Å². The number of fused-ring (bicyclic) bond motifs is 1. The van der Waals surface area contributed by atoms with E-state index >= 15 is 0 Å². The Morgan fingerprint density at radius 2 is 1.70 bits per heavy atom. The summed E-state index contributed by atoms with van der Waals surface area (Å²) in [5.74, 6) is 1.26. The van der Waals surface area contributed by atoms with Crippen molar-refractivity contribution in [3.63, 3.8) is 0 Å². The van der Waals surface area contributed by atoms with Crippen molar-refractivity contribution in [3.05, 3.63) is 89.2 Å². The van der Waals surface area contributed by atoms with Gasteiger partial charge in [0.25, 0.3) is 5.56 Å². The molecule has 0 bridgehead atoms. The molecule has 30 heavy (non-hydrogen) atoms. The Kier molecular flexibility index (Phi) is 5.72. The molecule has 0 fully saturated rings. The third-order valence-corrected chi connectivity index (χ3v) is 4.64. The highest BCUT2D eigenvalue weighted by molar-refractivity contribution is 7.80. The molecule has 0 spiro atoms. The number of nitrogens with one attached hydrogen (secondary N) is 2. The number of para-hydroxylation sites is 1. The predicted molar refractivity (Wildman–Crippen MR) is 125 cm³/mol. The fourth-order valence-corrected chi connectivity index (χ4v) is 3.29. The molecule has 4 rings (SSSR count). The van der Waals surface area contributed by atoms with E-state index in [0.29, 0.717) is 23.3 Å². The molecule has 150 valence electrons. The molecule has 0 aliphatic heterocycles. The van der Waals surface area contributed by atoms with Gasteiger partial charge in [-0.15, -0.1) is 0 Å². The molecular weight excluding hydrogens is 396 g/mol. The number of rotatable bonds is 5. The lowest BCUT2D eigenvalue weighted by Gasteiger charge is -2.17. The van der Waals surface area contributed by atoms with E-state index < -0.39 is 0 Å². The quantitative estimate of drug-likeness (QED) is 0.470. The fourth-order valence-electron chi connectivity index (χ4n) is 3.08. The highest BCUT2D eigenvalue weighted by Crippen LogP contribution is 2.18. The number of anilines is 1. The lowest BCUT2D eigenvalue weighted by Crippen LogP contribution is -2.37. The van der Waals surface area contributed by atoms with Gasteiger partial charge in [-0.3, -0.25) is 10.2 Å². The minimum absolute atomic E-state index is 0.227. The molecule has 2 N–H and O–H groups in total. The summed E-state index contributed by atoms with van der Waals surface area (Å²) in [4.78, 5) is 17.9. The molecule has 0 aliphatic carbocycles. The maximum absolute atomic E-state index is 13.2. The van der Waals surface area contributed by atoms with Gasteiger partial charge < -0.3 is 10.1 Å². The zero-order chi connectivity index (χ0) is 20.9. The SMILES string of the molecule is CCOc1ccc(NC(=S)Nn2c(-c3ccccc3)nc3ccccc3c2=O)cc1. The van der Waals surface area contributed by atoms with Gasteiger partial charge in [-0.2, -0.15) is 4.68 Å². The van der Waals surface area contributed by atoms with E-state index in [0.717, 1.165) is 17.0 Å². The minimum atomic E-state index is -0.227. The summed E-state index contributed by atoms with van der Waals surface area (Å²) < 4.78 is 6.83. The molecule has 0 amide bonds. The number of thiocarbonyl (C=S) groups is 1. The van der Waals surface area contributed by atoms with Gasteiger partial charge in [-0.05, 0) is 55.5 Å². The molecule has 7 heteroatoms. The van der Waals surface area contributed by atoms with Crippen molar-refractivity contribution >= 4 is 33.9 Å². The largest absolute Gasteiger partial charge is 0.494 e. The van der Waals surface area contributed by atoms with Crippen LogP contribution in [-0.4, -0.2) is 21.4 Å². The number of benzene rings is 3. The Morgan fingerprint density at radius 3 is 2.43 bits per heavy atom. The number of nitrogens with zero attached hydrogens (tertiary/aromatic N) is 2. The summed E-state index contributed by atoms with van der Waals surface area (Å²) in [6, 6.07) is 24.2. The van der Waals surface area contributed by atoms with Crippen LogP contribution < -0.4 is 21.0 Å². The van der Waals surface area contributed by atoms with Gasteiger partial charge in [0, 0.05) is 11.3 Å². The van der Waals surface area contributed by atoms with Gasteiger partial charge in [-0.1, -0.05) is 42.5 Å². The maximum atomic E-state index is 13.2. The first-order valence-electron chi connectivity index (χ1n) is 9.54. The van der Waals surface area contributed by atoms with Gasteiger partial charge in [0.1, 0.15) is 5.75 Å². The number of hydrogen-bond acceptors (Lipinski definition) is 4. The minimum Gasteiger partial charge on any atom is -0.494 e. The fraction of sp³-hybridized carbons (Fsp3) is 0.0870. The molecule has 4 aromatic rings. The molecular formula is C23H20N4O2S. The van der Waals surface area contributed by atoms with Gasteiger partial charge >= 0.3 is 0 Å². The smallest absolute Gasteiger partial charge is 0.280 e. The summed E-state index contributed by atoms with van der Waals surface area (Å²) in [5, 5.41) is 3.87. The molecule has 6 nitrogen and oxygen atoms in total. The van der Waals surface area contributed by atoms with Crippen LogP contribution in [-0.2, 0) is 0 Å². The van der Waals surface area contributed by atoms with E-state index in [4.69, 9.17) is 21.9 Å². The highest BCUT2D eigenvalue weighted by Gasteiger charge is 2.13. The second-order valence-electron chi connectivity index (χ2n) is 6.48. The van der Waals surface area contributed by atoms with Crippen molar-refractivity contribution in [1.29, 1.82) is 0 Å². The zero-order valence-electron chi connectivity index (χ0n) is 16.3. The zero-order valence-corrected chi connectivity index (χ0v) is 17.1. The summed E-state index contributed by atoms with van der Waals surface area (Å²) >= 11 is 5.45. The van der Waals surface area contributed by atoms with E-state index in [2.05, 4.69) is 10.7 Å². The van der Waals surface area contributed by atoms with E-state index in [1.54, 1.807) is 6.07 Å². The third-order valence-electron chi connectivity index (χ3n) is 4.44. The molecule has 0 saturated heterocycles. The first-order valence-corrected chi connectivity index (χ1v) is 9.94. The van der Waals surface area contributed by atoms with Crippen molar-refractivity contribution in [2.45, 2.75) is 6.92 Å². The Bertz CT molecular complexity index is 1240. The predicted octanol–water partition coefficient (Wildman–Crippen LogP) is 4.40. The number of ether oxygens (including phenoxy) is 1.